The summed E-state index contributed by atoms with van der Waals surface area (Å²) in [5.74, 6) is 9.23. The molecule has 5 saturated carbocycles. The van der Waals surface area contributed by atoms with E-state index >= 15 is 0 Å². The molecular formula is C19H28O2. The van der Waals surface area contributed by atoms with E-state index in [4.69, 9.17) is 4.74 Å². The van der Waals surface area contributed by atoms with E-state index in [1.165, 1.54) is 32.1 Å². The predicted octanol–water partition coefficient (Wildman–Crippen LogP) is 3.32. The summed E-state index contributed by atoms with van der Waals surface area (Å²) >= 11 is 0. The minimum atomic E-state index is 0.443. The van der Waals surface area contributed by atoms with Crippen LogP contribution in [0.3, 0.4) is 0 Å². The Hall–Kier alpha value is -0.500. The highest BCUT2D eigenvalue weighted by Crippen LogP contribution is 2.74. The maximum Gasteiger partial charge on any atom is 0.0903 e. The van der Waals surface area contributed by atoms with Crippen LogP contribution >= 0.6 is 0 Å². The molecule has 0 aromatic heterocycles. The second-order valence-electron chi connectivity index (χ2n) is 8.63. The maximum absolute atomic E-state index is 9.75. The van der Waals surface area contributed by atoms with Crippen LogP contribution in [0.25, 0.3) is 0 Å². The zero-order valence-electron chi connectivity index (χ0n) is 12.9. The van der Waals surface area contributed by atoms with Crippen LogP contribution in [0, 0.1) is 59.2 Å². The minimum Gasteiger partial charge on any atom is -0.502 e. The van der Waals surface area contributed by atoms with Crippen molar-refractivity contribution in [2.45, 2.75) is 32.1 Å². The molecule has 0 amide bonds. The van der Waals surface area contributed by atoms with Crippen molar-refractivity contribution in [2.24, 2.45) is 59.2 Å². The van der Waals surface area contributed by atoms with Crippen molar-refractivity contribution in [3.05, 3.63) is 12.8 Å². The first kappa shape index (κ1) is 13.0. The van der Waals surface area contributed by atoms with E-state index in [1.54, 1.807) is 6.26 Å². The second-order valence-corrected chi connectivity index (χ2v) is 8.63. The summed E-state index contributed by atoms with van der Waals surface area (Å²) in [6.07, 6.45) is 8.75. The molecule has 0 radical (unpaired) electrons. The monoisotopic (exact) mass is 288 g/mol. The zero-order chi connectivity index (χ0) is 14.1. The van der Waals surface area contributed by atoms with Gasteiger partial charge in [-0.1, -0.05) is 6.58 Å². The summed E-state index contributed by atoms with van der Waals surface area (Å²) in [5, 5.41) is 9.75. The fourth-order valence-electron chi connectivity index (χ4n) is 8.23. The van der Waals surface area contributed by atoms with Gasteiger partial charge in [0, 0.05) is 6.61 Å². The lowest BCUT2D eigenvalue weighted by Gasteiger charge is -2.44. The Morgan fingerprint density at radius 3 is 2.62 bits per heavy atom. The predicted molar refractivity (Wildman–Crippen MR) is 81.2 cm³/mol. The van der Waals surface area contributed by atoms with E-state index < -0.39 is 0 Å². The van der Waals surface area contributed by atoms with Crippen LogP contribution < -0.4 is 0 Å². The van der Waals surface area contributed by atoms with Crippen LogP contribution in [0.1, 0.15) is 32.1 Å². The van der Waals surface area contributed by atoms with Crippen LogP contribution in [-0.2, 0) is 4.74 Å². The highest BCUT2D eigenvalue weighted by Gasteiger charge is 2.68. The fraction of sp³-hybridized carbons (Fsp3) is 0.895. The molecule has 2 heteroatoms. The summed E-state index contributed by atoms with van der Waals surface area (Å²) in [6, 6.07) is 0. The molecule has 5 rings (SSSR count). The Kier molecular flexibility index (Phi) is 2.78. The van der Waals surface area contributed by atoms with Crippen molar-refractivity contribution in [1.82, 2.24) is 0 Å². The molecular weight excluding hydrogens is 260 g/mol. The minimum absolute atomic E-state index is 0.443. The first-order valence-electron chi connectivity index (χ1n) is 9.16. The number of aliphatic hydroxyl groups is 1. The summed E-state index contributed by atoms with van der Waals surface area (Å²) in [5.41, 5.74) is 0. The molecule has 0 aromatic carbocycles. The van der Waals surface area contributed by atoms with Crippen molar-refractivity contribution < 1.29 is 9.84 Å². The molecule has 5 aliphatic rings. The third kappa shape index (κ3) is 1.53. The van der Waals surface area contributed by atoms with Crippen molar-refractivity contribution in [3.8, 4) is 0 Å². The SMILES string of the molecule is C=COCC1CC2CC1C1C3CC(C4CCC(CO)C43)C21. The number of hydrogen-bond donors (Lipinski definition) is 1. The first-order chi connectivity index (χ1) is 10.3. The molecule has 0 heterocycles. The van der Waals surface area contributed by atoms with Gasteiger partial charge >= 0.3 is 0 Å². The van der Waals surface area contributed by atoms with Gasteiger partial charge in [-0.2, -0.15) is 0 Å². The van der Waals surface area contributed by atoms with Crippen molar-refractivity contribution in [2.75, 3.05) is 13.2 Å². The second kappa shape index (κ2) is 4.50. The molecule has 0 spiro atoms. The third-order valence-corrected chi connectivity index (χ3v) is 8.42. The number of ether oxygens (including phenoxy) is 1. The van der Waals surface area contributed by atoms with Gasteiger partial charge in [-0.05, 0) is 91.3 Å². The summed E-state index contributed by atoms with van der Waals surface area (Å²) in [6.45, 7) is 5.05. The van der Waals surface area contributed by atoms with Gasteiger partial charge in [0.15, 0.2) is 0 Å². The van der Waals surface area contributed by atoms with Crippen molar-refractivity contribution in [1.29, 1.82) is 0 Å². The van der Waals surface area contributed by atoms with Crippen molar-refractivity contribution >= 4 is 0 Å². The van der Waals surface area contributed by atoms with Gasteiger partial charge in [0.05, 0.1) is 12.9 Å². The Morgan fingerprint density at radius 1 is 0.905 bits per heavy atom. The van der Waals surface area contributed by atoms with E-state index in [0.29, 0.717) is 12.5 Å². The topological polar surface area (TPSA) is 29.5 Å². The van der Waals surface area contributed by atoms with E-state index in [0.717, 1.165) is 59.9 Å². The lowest BCUT2D eigenvalue weighted by atomic mass is 9.61. The number of fused-ring (bicyclic) bond motifs is 12. The van der Waals surface area contributed by atoms with Gasteiger partial charge in [-0.25, -0.2) is 0 Å². The number of rotatable bonds is 4. The normalized spacial score (nSPS) is 59.3. The molecule has 21 heavy (non-hydrogen) atoms. The van der Waals surface area contributed by atoms with Crippen molar-refractivity contribution in [3.63, 3.8) is 0 Å². The van der Waals surface area contributed by atoms with E-state index in [-0.39, 0.29) is 0 Å². The molecule has 4 bridgehead atoms. The molecule has 10 atom stereocenters. The molecule has 0 aromatic rings. The van der Waals surface area contributed by atoms with Gasteiger partial charge in [0.1, 0.15) is 0 Å². The third-order valence-electron chi connectivity index (χ3n) is 8.42. The largest absolute Gasteiger partial charge is 0.502 e. The van der Waals surface area contributed by atoms with Crippen LogP contribution in [0.5, 0.6) is 0 Å². The zero-order valence-corrected chi connectivity index (χ0v) is 12.9. The summed E-state index contributed by atoms with van der Waals surface area (Å²) in [4.78, 5) is 0. The Bertz CT molecular complexity index is 447. The average molecular weight is 288 g/mol. The van der Waals surface area contributed by atoms with E-state index in [1.807, 2.05) is 0 Å². The fourth-order valence-corrected chi connectivity index (χ4v) is 8.23. The lowest BCUT2D eigenvalue weighted by molar-refractivity contribution is 0.00959. The molecule has 116 valence electrons. The molecule has 0 saturated heterocycles. The quantitative estimate of drug-likeness (QED) is 0.635. The summed E-state index contributed by atoms with van der Waals surface area (Å²) in [7, 11) is 0. The van der Waals surface area contributed by atoms with E-state index in [9.17, 15) is 5.11 Å². The van der Waals surface area contributed by atoms with Crippen LogP contribution in [0.4, 0.5) is 0 Å². The first-order valence-corrected chi connectivity index (χ1v) is 9.16. The smallest absolute Gasteiger partial charge is 0.0903 e. The van der Waals surface area contributed by atoms with Gasteiger partial charge in [-0.15, -0.1) is 0 Å². The van der Waals surface area contributed by atoms with Gasteiger partial charge in [0.2, 0.25) is 0 Å². The van der Waals surface area contributed by atoms with E-state index in [2.05, 4.69) is 6.58 Å². The molecule has 5 aliphatic carbocycles. The highest BCUT2D eigenvalue weighted by molar-refractivity contribution is 5.16. The maximum atomic E-state index is 9.75. The number of hydrogen-bond acceptors (Lipinski definition) is 2. The van der Waals surface area contributed by atoms with Crippen LogP contribution in [0.15, 0.2) is 12.8 Å². The standard InChI is InChI=1S/C19H28O2/c1-2-21-9-12-5-11-6-14(12)19-16-7-15(18(11)19)13-4-3-10(8-20)17(13)16/h2,10-20H,1,3-9H2. The molecule has 5 fully saturated rings. The van der Waals surface area contributed by atoms with Gasteiger partial charge < -0.3 is 9.84 Å². The lowest BCUT2D eigenvalue weighted by Crippen LogP contribution is -2.41. The number of aliphatic hydroxyl groups excluding tert-OH is 1. The summed E-state index contributed by atoms with van der Waals surface area (Å²) < 4.78 is 5.55. The Labute approximate surface area is 127 Å². The Balaban J connectivity index is 1.41. The van der Waals surface area contributed by atoms with Gasteiger partial charge in [-0.3, -0.25) is 0 Å². The highest BCUT2D eigenvalue weighted by atomic mass is 16.5. The van der Waals surface area contributed by atoms with Gasteiger partial charge in [0.25, 0.3) is 0 Å². The average Bonchev–Trinajstić information content (AvgIpc) is 3.24. The molecule has 1 N–H and O–H groups in total. The molecule has 0 aliphatic heterocycles. The molecule has 10 unspecified atom stereocenters. The molecule has 2 nitrogen and oxygen atoms in total. The van der Waals surface area contributed by atoms with Crippen LogP contribution in [-0.4, -0.2) is 18.3 Å². The van der Waals surface area contributed by atoms with Crippen LogP contribution in [0.2, 0.25) is 0 Å². The Morgan fingerprint density at radius 2 is 1.81 bits per heavy atom.